The number of hydrogen-bond donors (Lipinski definition) is 0. The molecule has 2 aromatic heterocycles. The van der Waals surface area contributed by atoms with E-state index in [2.05, 4.69) is 105 Å². The second-order valence-electron chi connectivity index (χ2n) is 11.1. The number of nitrogens with zero attached hydrogens (tertiary/aromatic N) is 2. The van der Waals surface area contributed by atoms with Gasteiger partial charge in [0.15, 0.2) is 0 Å². The molecule has 0 fully saturated rings. The first-order valence-electron chi connectivity index (χ1n) is 14.9. The molecule has 0 aliphatic heterocycles. The lowest BCUT2D eigenvalue weighted by molar-refractivity contribution is 0.486. The number of aliphatic imine (C=N–C) groups is 1. The van der Waals surface area contributed by atoms with Crippen LogP contribution in [0.15, 0.2) is 119 Å². The van der Waals surface area contributed by atoms with Crippen molar-refractivity contribution in [3.8, 4) is 11.1 Å². The Morgan fingerprint density at radius 1 is 0.833 bits per heavy atom. The fourth-order valence-corrected chi connectivity index (χ4v) is 7.03. The minimum atomic E-state index is -0.0403. The van der Waals surface area contributed by atoms with Crippen molar-refractivity contribution in [2.24, 2.45) is 4.99 Å². The first-order valence-corrected chi connectivity index (χ1v) is 14.9. The Morgan fingerprint density at radius 2 is 1.60 bits per heavy atom. The van der Waals surface area contributed by atoms with Crippen LogP contribution in [0.3, 0.4) is 0 Å². The van der Waals surface area contributed by atoms with Crippen molar-refractivity contribution in [3.63, 3.8) is 0 Å². The third-order valence-electron chi connectivity index (χ3n) is 9.19. The van der Waals surface area contributed by atoms with Gasteiger partial charge in [0.2, 0.25) is 0 Å². The molecule has 1 aliphatic rings. The first-order chi connectivity index (χ1) is 20.6. The normalized spacial score (nSPS) is 14.4. The quantitative estimate of drug-likeness (QED) is 0.195. The maximum atomic E-state index is 6.79. The van der Waals surface area contributed by atoms with Gasteiger partial charge in [-0.25, -0.2) is 0 Å². The summed E-state index contributed by atoms with van der Waals surface area (Å²) in [6.07, 6.45) is 6.01. The maximum absolute atomic E-state index is 6.79. The zero-order chi connectivity index (χ0) is 28.8. The number of allylic oxidation sites excluding steroid dienone is 1. The number of aromatic nitrogens is 1. The molecule has 0 saturated carbocycles. The molecule has 7 rings (SSSR count). The Kier molecular flexibility index (Phi) is 6.39. The summed E-state index contributed by atoms with van der Waals surface area (Å²) in [5, 5.41) is 2.33. The largest absolute Gasteiger partial charge is 0.456 e. The number of benzene rings is 4. The van der Waals surface area contributed by atoms with Gasteiger partial charge in [-0.2, -0.15) is 0 Å². The Bertz CT molecular complexity index is 2020. The van der Waals surface area contributed by atoms with Crippen LogP contribution in [0, 0.1) is 0 Å². The third-order valence-corrected chi connectivity index (χ3v) is 9.19. The van der Waals surface area contributed by atoms with Crippen molar-refractivity contribution in [2.45, 2.75) is 46.0 Å². The van der Waals surface area contributed by atoms with Crippen molar-refractivity contribution >= 4 is 38.9 Å². The van der Waals surface area contributed by atoms with Crippen LogP contribution >= 0.6 is 0 Å². The van der Waals surface area contributed by atoms with E-state index >= 15 is 0 Å². The molecular formula is C39H34N2O. The number of hydrogen-bond acceptors (Lipinski definition) is 3. The van der Waals surface area contributed by atoms with Crippen LogP contribution in [0.25, 0.3) is 38.6 Å². The standard InChI is InChI=1S/C39H34N2O/c1-5-27(34-17-12-13-23-40-34)29-15-9-11-18-35(29)41-25(4)26-19-20-30-32-22-21-31-28-14-8-10-16-33(28)39(6-2,7-3)37(31)38(32)42-36(30)24-26/h5,8-24H,6-7H2,1-4H3/b27-5-,41-25?. The first kappa shape index (κ1) is 26.2. The molecule has 0 unspecified atom stereocenters. The van der Waals surface area contributed by atoms with Crippen LogP contribution in [0.5, 0.6) is 0 Å². The lowest BCUT2D eigenvalue weighted by Crippen LogP contribution is -2.23. The van der Waals surface area contributed by atoms with Gasteiger partial charge in [0.1, 0.15) is 11.2 Å². The Hall–Kier alpha value is -4.76. The second kappa shape index (κ2) is 10.3. The molecule has 2 heterocycles. The summed E-state index contributed by atoms with van der Waals surface area (Å²) < 4.78 is 6.79. The van der Waals surface area contributed by atoms with Crippen LogP contribution in [0.4, 0.5) is 5.69 Å². The summed E-state index contributed by atoms with van der Waals surface area (Å²) in [7, 11) is 0. The zero-order valence-electron chi connectivity index (χ0n) is 24.6. The summed E-state index contributed by atoms with van der Waals surface area (Å²) in [4.78, 5) is 9.72. The summed E-state index contributed by atoms with van der Waals surface area (Å²) in [6, 6.07) is 34.2. The smallest absolute Gasteiger partial charge is 0.140 e. The predicted octanol–water partition coefficient (Wildman–Crippen LogP) is 10.7. The minimum absolute atomic E-state index is 0.0403. The summed E-state index contributed by atoms with van der Waals surface area (Å²) in [6.45, 7) is 8.73. The number of pyridine rings is 1. The predicted molar refractivity (Wildman–Crippen MR) is 176 cm³/mol. The molecule has 0 radical (unpaired) electrons. The van der Waals surface area contributed by atoms with Crippen LogP contribution in [-0.4, -0.2) is 10.7 Å². The van der Waals surface area contributed by atoms with E-state index in [4.69, 9.17) is 9.41 Å². The molecule has 0 atom stereocenters. The van der Waals surface area contributed by atoms with Crippen molar-refractivity contribution in [3.05, 3.63) is 137 Å². The molecule has 0 spiro atoms. The zero-order valence-corrected chi connectivity index (χ0v) is 24.6. The van der Waals surface area contributed by atoms with Crippen LogP contribution in [0.1, 0.15) is 68.5 Å². The van der Waals surface area contributed by atoms with Gasteiger partial charge >= 0.3 is 0 Å². The van der Waals surface area contributed by atoms with E-state index in [1.54, 1.807) is 0 Å². The van der Waals surface area contributed by atoms with Crippen molar-refractivity contribution in [1.29, 1.82) is 0 Å². The van der Waals surface area contributed by atoms with Crippen molar-refractivity contribution in [1.82, 2.24) is 4.98 Å². The molecule has 1 aliphatic carbocycles. The molecule has 0 amide bonds. The summed E-state index contributed by atoms with van der Waals surface area (Å²) >= 11 is 0. The third kappa shape index (κ3) is 3.88. The summed E-state index contributed by atoms with van der Waals surface area (Å²) in [5.74, 6) is 0. The molecule has 3 heteroatoms. The molecule has 42 heavy (non-hydrogen) atoms. The highest BCUT2D eigenvalue weighted by atomic mass is 16.3. The van der Waals surface area contributed by atoms with E-state index in [9.17, 15) is 0 Å². The van der Waals surface area contributed by atoms with Gasteiger partial charge in [-0.15, -0.1) is 0 Å². The lowest BCUT2D eigenvalue weighted by Gasteiger charge is -2.29. The summed E-state index contributed by atoms with van der Waals surface area (Å²) in [5.41, 5.74) is 13.3. The topological polar surface area (TPSA) is 38.4 Å². The lowest BCUT2D eigenvalue weighted by atomic mass is 9.73. The van der Waals surface area contributed by atoms with E-state index in [-0.39, 0.29) is 5.41 Å². The molecule has 3 nitrogen and oxygen atoms in total. The van der Waals surface area contributed by atoms with Gasteiger partial charge in [-0.3, -0.25) is 9.98 Å². The minimum Gasteiger partial charge on any atom is -0.456 e. The fourth-order valence-electron chi connectivity index (χ4n) is 7.03. The monoisotopic (exact) mass is 546 g/mol. The molecule has 206 valence electrons. The molecule has 0 saturated heterocycles. The van der Waals surface area contributed by atoms with Crippen LogP contribution < -0.4 is 0 Å². The highest BCUT2D eigenvalue weighted by molar-refractivity contribution is 6.11. The maximum Gasteiger partial charge on any atom is 0.140 e. The number of fused-ring (bicyclic) bond motifs is 7. The average Bonchev–Trinajstić information content (AvgIpc) is 3.55. The van der Waals surface area contributed by atoms with Gasteiger partial charge in [0.25, 0.3) is 0 Å². The number of furan rings is 1. The average molecular weight is 547 g/mol. The van der Waals surface area contributed by atoms with Gasteiger partial charge in [-0.05, 0) is 85.3 Å². The highest BCUT2D eigenvalue weighted by Crippen LogP contribution is 2.55. The van der Waals surface area contributed by atoms with Crippen LogP contribution in [0.2, 0.25) is 0 Å². The van der Waals surface area contributed by atoms with Gasteiger partial charge in [0.05, 0.1) is 11.4 Å². The Morgan fingerprint density at radius 3 is 2.38 bits per heavy atom. The van der Waals surface area contributed by atoms with Gasteiger partial charge < -0.3 is 4.42 Å². The SMILES string of the molecule is C/C=C(\c1ccccn1)c1ccccc1N=C(C)c1ccc2c(c1)oc1c3c(ccc12)-c1ccccc1C3(CC)CC. The number of para-hydroxylation sites is 1. The fraction of sp³-hybridized carbons (Fsp3) is 0.179. The molecular weight excluding hydrogens is 512 g/mol. The Labute approximate surface area is 247 Å². The Balaban J connectivity index is 1.34. The van der Waals surface area contributed by atoms with E-state index in [0.717, 1.165) is 63.2 Å². The molecule has 4 aromatic carbocycles. The highest BCUT2D eigenvalue weighted by Gasteiger charge is 2.42. The van der Waals surface area contributed by atoms with E-state index in [1.165, 1.54) is 27.6 Å². The molecule has 6 aromatic rings. The van der Waals surface area contributed by atoms with E-state index in [0.29, 0.717) is 0 Å². The molecule has 0 bridgehead atoms. The second-order valence-corrected chi connectivity index (χ2v) is 11.1. The number of rotatable bonds is 6. The van der Waals surface area contributed by atoms with Gasteiger partial charge in [0, 0.05) is 44.8 Å². The van der Waals surface area contributed by atoms with Crippen LogP contribution in [-0.2, 0) is 5.41 Å². The van der Waals surface area contributed by atoms with Crippen molar-refractivity contribution in [2.75, 3.05) is 0 Å². The van der Waals surface area contributed by atoms with Gasteiger partial charge in [-0.1, -0.05) is 80.6 Å². The molecule has 0 N–H and O–H groups in total. The van der Waals surface area contributed by atoms with E-state index < -0.39 is 0 Å². The van der Waals surface area contributed by atoms with Crippen molar-refractivity contribution < 1.29 is 4.42 Å². The van der Waals surface area contributed by atoms with E-state index in [1.807, 2.05) is 37.4 Å².